The first-order valence-corrected chi connectivity index (χ1v) is 7.76. The molecule has 0 atom stereocenters. The van der Waals surface area contributed by atoms with Crippen molar-refractivity contribution in [2.75, 3.05) is 18.8 Å². The van der Waals surface area contributed by atoms with Crippen LogP contribution in [0.1, 0.15) is 25.0 Å². The maximum atomic E-state index is 13.6. The van der Waals surface area contributed by atoms with Gasteiger partial charge < -0.3 is 5.73 Å². The van der Waals surface area contributed by atoms with E-state index in [0.717, 1.165) is 11.6 Å². The van der Waals surface area contributed by atoms with Crippen molar-refractivity contribution >= 4 is 15.7 Å². The lowest BCUT2D eigenvalue weighted by molar-refractivity contribution is 0.452. The van der Waals surface area contributed by atoms with E-state index in [1.54, 1.807) is 20.8 Å². The quantitative estimate of drug-likeness (QED) is 0.671. The second kappa shape index (κ2) is 5.93. The van der Waals surface area contributed by atoms with E-state index in [9.17, 15) is 12.8 Å². The molecule has 0 saturated carbocycles. The third-order valence-electron chi connectivity index (χ3n) is 3.10. The predicted molar refractivity (Wildman–Crippen MR) is 79.5 cm³/mol. The van der Waals surface area contributed by atoms with Crippen molar-refractivity contribution in [2.24, 2.45) is 0 Å². The van der Waals surface area contributed by atoms with Crippen LogP contribution >= 0.6 is 0 Å². The van der Waals surface area contributed by atoms with Crippen molar-refractivity contribution in [1.82, 2.24) is 4.31 Å². The molecule has 2 N–H and O–H groups in total. The molecule has 0 aliphatic carbocycles. The Morgan fingerprint density at radius 3 is 2.45 bits per heavy atom. The number of hydrogen-bond donors (Lipinski definition) is 1. The first-order chi connectivity index (χ1) is 9.12. The van der Waals surface area contributed by atoms with Gasteiger partial charge in [-0.1, -0.05) is 19.1 Å². The molecule has 0 aliphatic heterocycles. The van der Waals surface area contributed by atoms with Gasteiger partial charge in [-0.25, -0.2) is 12.8 Å². The lowest BCUT2D eigenvalue weighted by atomic mass is 10.1. The maximum Gasteiger partial charge on any atom is 0.243 e. The fourth-order valence-electron chi connectivity index (χ4n) is 2.12. The topological polar surface area (TPSA) is 63.4 Å². The van der Waals surface area contributed by atoms with Crippen molar-refractivity contribution in [3.8, 4) is 0 Å². The summed E-state index contributed by atoms with van der Waals surface area (Å²) < 4.78 is 40.3. The molecule has 0 radical (unpaired) electrons. The SMILES string of the molecule is C=C(C)CN(CC)S(=O)(=O)c1c(C)cc(F)c(N)c1C. The Kier molecular flexibility index (Phi) is 4.94. The number of aryl methyl sites for hydroxylation is 1. The molecular formula is C14H21FN2O2S. The molecule has 0 fully saturated rings. The molecule has 0 bridgehead atoms. The molecule has 1 rings (SSSR count). The molecule has 0 saturated heterocycles. The summed E-state index contributed by atoms with van der Waals surface area (Å²) in [6.07, 6.45) is 0. The van der Waals surface area contributed by atoms with Crippen molar-refractivity contribution < 1.29 is 12.8 Å². The van der Waals surface area contributed by atoms with E-state index in [1.165, 1.54) is 11.2 Å². The van der Waals surface area contributed by atoms with E-state index in [4.69, 9.17) is 5.73 Å². The number of nitrogens with zero attached hydrogens (tertiary/aromatic N) is 1. The van der Waals surface area contributed by atoms with Crippen LogP contribution in [0, 0.1) is 19.7 Å². The van der Waals surface area contributed by atoms with Crippen LogP contribution in [0.4, 0.5) is 10.1 Å². The fourth-order valence-corrected chi connectivity index (χ4v) is 4.08. The molecule has 4 nitrogen and oxygen atoms in total. The smallest absolute Gasteiger partial charge is 0.243 e. The van der Waals surface area contributed by atoms with E-state index in [-0.39, 0.29) is 22.7 Å². The molecule has 0 heterocycles. The van der Waals surface area contributed by atoms with Crippen LogP contribution < -0.4 is 5.73 Å². The molecule has 0 aliphatic rings. The Labute approximate surface area is 120 Å². The predicted octanol–water partition coefficient (Wildman–Crippen LogP) is 2.61. The first kappa shape index (κ1) is 16.7. The van der Waals surface area contributed by atoms with E-state index >= 15 is 0 Å². The van der Waals surface area contributed by atoms with Crippen LogP contribution in [-0.4, -0.2) is 25.8 Å². The molecule has 1 aromatic rings. The highest BCUT2D eigenvalue weighted by Gasteiger charge is 2.28. The maximum absolute atomic E-state index is 13.6. The Morgan fingerprint density at radius 2 is 2.00 bits per heavy atom. The molecular weight excluding hydrogens is 279 g/mol. The first-order valence-electron chi connectivity index (χ1n) is 6.32. The number of hydrogen-bond acceptors (Lipinski definition) is 3. The second-order valence-electron chi connectivity index (χ2n) is 4.93. The largest absolute Gasteiger partial charge is 0.396 e. The Balaban J connectivity index is 3.50. The molecule has 6 heteroatoms. The van der Waals surface area contributed by atoms with E-state index in [1.807, 2.05) is 0 Å². The molecule has 20 heavy (non-hydrogen) atoms. The highest BCUT2D eigenvalue weighted by molar-refractivity contribution is 7.89. The number of anilines is 1. The summed E-state index contributed by atoms with van der Waals surface area (Å²) in [5, 5.41) is 0. The zero-order valence-corrected chi connectivity index (χ0v) is 13.1. The second-order valence-corrected chi connectivity index (χ2v) is 6.81. The molecule has 0 spiro atoms. The minimum absolute atomic E-state index is 0.0829. The van der Waals surface area contributed by atoms with Crippen molar-refractivity contribution in [2.45, 2.75) is 32.6 Å². The van der Waals surface area contributed by atoms with Crippen LogP contribution in [0.3, 0.4) is 0 Å². The van der Waals surface area contributed by atoms with Crippen molar-refractivity contribution in [3.05, 3.63) is 35.2 Å². The summed E-state index contributed by atoms with van der Waals surface area (Å²) in [7, 11) is -3.72. The highest BCUT2D eigenvalue weighted by atomic mass is 32.2. The zero-order valence-electron chi connectivity index (χ0n) is 12.3. The van der Waals surface area contributed by atoms with Crippen LogP contribution in [0.2, 0.25) is 0 Å². The Hall–Kier alpha value is -1.40. The average Bonchev–Trinajstić information content (AvgIpc) is 2.32. The van der Waals surface area contributed by atoms with Crippen molar-refractivity contribution in [3.63, 3.8) is 0 Å². The van der Waals surface area contributed by atoms with Crippen LogP contribution in [0.5, 0.6) is 0 Å². The van der Waals surface area contributed by atoms with Gasteiger partial charge in [0.05, 0.1) is 10.6 Å². The van der Waals surface area contributed by atoms with Gasteiger partial charge in [0.25, 0.3) is 0 Å². The third-order valence-corrected chi connectivity index (χ3v) is 5.31. The minimum atomic E-state index is -3.72. The van der Waals surface area contributed by atoms with Gasteiger partial charge in [-0.2, -0.15) is 4.31 Å². The van der Waals surface area contributed by atoms with Gasteiger partial charge >= 0.3 is 0 Å². The van der Waals surface area contributed by atoms with Crippen LogP contribution in [0.15, 0.2) is 23.1 Å². The number of nitrogen functional groups attached to an aromatic ring is 1. The van der Waals surface area contributed by atoms with E-state index < -0.39 is 15.8 Å². The Bertz CT molecular complexity index is 639. The van der Waals surface area contributed by atoms with Gasteiger partial charge in [-0.15, -0.1) is 0 Å². The van der Waals surface area contributed by atoms with Crippen LogP contribution in [-0.2, 0) is 10.0 Å². The van der Waals surface area contributed by atoms with Gasteiger partial charge in [-0.3, -0.25) is 0 Å². The number of benzene rings is 1. The van der Waals surface area contributed by atoms with E-state index in [2.05, 4.69) is 6.58 Å². The van der Waals surface area contributed by atoms with Gasteiger partial charge in [-0.05, 0) is 38.0 Å². The summed E-state index contributed by atoms with van der Waals surface area (Å²) in [5.41, 5.74) is 6.84. The molecule has 0 amide bonds. The number of sulfonamides is 1. The third kappa shape index (κ3) is 3.02. The van der Waals surface area contributed by atoms with Gasteiger partial charge in [0.15, 0.2) is 0 Å². The van der Waals surface area contributed by atoms with Gasteiger partial charge in [0.2, 0.25) is 10.0 Å². The number of rotatable bonds is 5. The molecule has 1 aromatic carbocycles. The minimum Gasteiger partial charge on any atom is -0.396 e. The van der Waals surface area contributed by atoms with E-state index in [0.29, 0.717) is 12.1 Å². The lowest BCUT2D eigenvalue weighted by Gasteiger charge is -2.23. The normalized spacial score (nSPS) is 11.9. The molecule has 0 aromatic heterocycles. The number of nitrogens with two attached hydrogens (primary N) is 1. The van der Waals surface area contributed by atoms with Crippen LogP contribution in [0.25, 0.3) is 0 Å². The highest BCUT2D eigenvalue weighted by Crippen LogP contribution is 2.30. The monoisotopic (exact) mass is 300 g/mol. The van der Waals surface area contributed by atoms with Gasteiger partial charge in [0.1, 0.15) is 5.82 Å². The standard InChI is InChI=1S/C14H21FN2O2S/c1-6-17(8-9(2)3)20(18,19)14-10(4)7-12(15)13(16)11(14)5/h7H,2,6,8,16H2,1,3-5H3. The average molecular weight is 300 g/mol. The summed E-state index contributed by atoms with van der Waals surface area (Å²) in [6, 6.07) is 1.16. The fraction of sp³-hybridized carbons (Fsp3) is 0.429. The van der Waals surface area contributed by atoms with Crippen molar-refractivity contribution in [1.29, 1.82) is 0 Å². The van der Waals surface area contributed by atoms with Gasteiger partial charge in [0, 0.05) is 13.1 Å². The lowest BCUT2D eigenvalue weighted by Crippen LogP contribution is -2.33. The summed E-state index contributed by atoms with van der Waals surface area (Å²) in [5.74, 6) is -0.595. The zero-order chi connectivity index (χ0) is 15.7. The Morgan fingerprint density at radius 1 is 1.45 bits per heavy atom. The molecule has 112 valence electrons. The number of halogens is 1. The summed E-state index contributed by atoms with van der Waals surface area (Å²) in [6.45, 7) is 10.9. The number of likely N-dealkylation sites (N-methyl/N-ethyl adjacent to an activating group) is 1. The molecule has 0 unspecified atom stereocenters. The summed E-state index contributed by atoms with van der Waals surface area (Å²) in [4.78, 5) is 0.0829. The summed E-state index contributed by atoms with van der Waals surface area (Å²) >= 11 is 0.